The molecule has 0 aliphatic rings. The van der Waals surface area contributed by atoms with Crippen molar-refractivity contribution in [1.82, 2.24) is 25.8 Å². The van der Waals surface area contributed by atoms with Crippen LogP contribution in [0, 0.1) is 0 Å². The first-order valence-corrected chi connectivity index (χ1v) is 8.40. The molecule has 0 saturated heterocycles. The van der Waals surface area contributed by atoms with Crippen molar-refractivity contribution in [2.45, 2.75) is 0 Å². The van der Waals surface area contributed by atoms with Gasteiger partial charge in [0.05, 0.1) is 0 Å². The van der Waals surface area contributed by atoms with Gasteiger partial charge in [0.2, 0.25) is 0 Å². The monoisotopic (exact) mass is 403 g/mol. The van der Waals surface area contributed by atoms with E-state index in [1.54, 1.807) is 48.1 Å². The Bertz CT molecular complexity index is 867. The molecule has 0 spiro atoms. The van der Waals surface area contributed by atoms with Crippen LogP contribution in [0.2, 0.25) is 0 Å². The number of aromatic nitrogens is 3. The SMILES string of the molecule is O=C(NNC(=O)c1csc(-c2ncccn2)n1)c1ccc(Br)cc1. The molecule has 7 nitrogen and oxygen atoms in total. The van der Waals surface area contributed by atoms with Gasteiger partial charge in [-0.25, -0.2) is 15.0 Å². The summed E-state index contributed by atoms with van der Waals surface area (Å²) in [4.78, 5) is 36.3. The van der Waals surface area contributed by atoms with E-state index in [-0.39, 0.29) is 5.69 Å². The highest BCUT2D eigenvalue weighted by Crippen LogP contribution is 2.19. The van der Waals surface area contributed by atoms with Crippen molar-refractivity contribution in [2.75, 3.05) is 0 Å². The smallest absolute Gasteiger partial charge is 0.267 e. The molecule has 0 radical (unpaired) electrons. The van der Waals surface area contributed by atoms with Crippen LogP contribution in [-0.4, -0.2) is 26.8 Å². The van der Waals surface area contributed by atoms with Gasteiger partial charge in [-0.05, 0) is 30.3 Å². The summed E-state index contributed by atoms with van der Waals surface area (Å²) in [6.45, 7) is 0. The summed E-state index contributed by atoms with van der Waals surface area (Å²) < 4.78 is 0.862. The second kappa shape index (κ2) is 7.28. The molecule has 120 valence electrons. The van der Waals surface area contributed by atoms with Gasteiger partial charge in [0.15, 0.2) is 10.8 Å². The summed E-state index contributed by atoms with van der Waals surface area (Å²) in [5.74, 6) is -0.489. The number of hydrazine groups is 1. The van der Waals surface area contributed by atoms with Gasteiger partial charge in [0, 0.05) is 27.8 Å². The maximum atomic E-state index is 12.0. The number of amides is 2. The molecular formula is C15H10BrN5O2S. The Morgan fingerprint density at radius 3 is 2.38 bits per heavy atom. The number of hydrogen-bond donors (Lipinski definition) is 2. The quantitative estimate of drug-likeness (QED) is 0.654. The van der Waals surface area contributed by atoms with Crippen LogP contribution in [0.5, 0.6) is 0 Å². The number of carbonyl (C=O) groups is 2. The molecule has 0 atom stereocenters. The summed E-state index contributed by atoms with van der Waals surface area (Å²) in [7, 11) is 0. The highest BCUT2D eigenvalue weighted by Gasteiger charge is 2.14. The fourth-order valence-corrected chi connectivity index (χ4v) is 2.75. The number of benzene rings is 1. The summed E-state index contributed by atoms with van der Waals surface area (Å²) in [6.07, 6.45) is 3.20. The number of nitrogens with zero attached hydrogens (tertiary/aromatic N) is 3. The first kappa shape index (κ1) is 16.2. The van der Waals surface area contributed by atoms with Gasteiger partial charge in [-0.15, -0.1) is 11.3 Å². The number of rotatable bonds is 3. The average molecular weight is 404 g/mol. The van der Waals surface area contributed by atoms with Gasteiger partial charge >= 0.3 is 0 Å². The molecule has 0 unspecified atom stereocenters. The summed E-state index contributed by atoms with van der Waals surface area (Å²) in [5, 5.41) is 2.10. The van der Waals surface area contributed by atoms with Crippen molar-refractivity contribution in [3.63, 3.8) is 0 Å². The van der Waals surface area contributed by atoms with Crippen LogP contribution >= 0.6 is 27.3 Å². The first-order chi connectivity index (χ1) is 11.6. The molecule has 2 heterocycles. The van der Waals surface area contributed by atoms with E-state index in [0.717, 1.165) is 4.47 Å². The fourth-order valence-electron chi connectivity index (χ4n) is 1.74. The maximum Gasteiger partial charge on any atom is 0.289 e. The molecule has 0 bridgehead atoms. The molecule has 2 amide bonds. The summed E-state index contributed by atoms with van der Waals surface area (Å²) >= 11 is 4.54. The van der Waals surface area contributed by atoms with Crippen molar-refractivity contribution in [2.24, 2.45) is 0 Å². The summed E-state index contributed by atoms with van der Waals surface area (Å²) in [5.41, 5.74) is 5.28. The molecule has 0 fully saturated rings. The van der Waals surface area contributed by atoms with E-state index in [0.29, 0.717) is 16.4 Å². The standard InChI is InChI=1S/C15H10BrN5O2S/c16-10-4-2-9(3-5-10)13(22)20-21-14(23)11-8-24-15(19-11)12-17-6-1-7-18-12/h1-8H,(H,20,22)(H,21,23). The van der Waals surface area contributed by atoms with Crippen LogP contribution in [-0.2, 0) is 0 Å². The molecule has 0 aliphatic carbocycles. The van der Waals surface area contributed by atoms with Crippen LogP contribution in [0.3, 0.4) is 0 Å². The van der Waals surface area contributed by atoms with E-state index in [9.17, 15) is 9.59 Å². The molecule has 2 aromatic heterocycles. The normalized spacial score (nSPS) is 10.2. The van der Waals surface area contributed by atoms with Crippen molar-refractivity contribution >= 4 is 39.1 Å². The number of hydrogen-bond acceptors (Lipinski definition) is 6. The Morgan fingerprint density at radius 1 is 1.00 bits per heavy atom. The van der Waals surface area contributed by atoms with Crippen LogP contribution in [0.1, 0.15) is 20.8 Å². The maximum absolute atomic E-state index is 12.0. The second-order valence-electron chi connectivity index (χ2n) is 4.53. The van der Waals surface area contributed by atoms with Crippen molar-refractivity contribution < 1.29 is 9.59 Å². The van der Waals surface area contributed by atoms with E-state index in [2.05, 4.69) is 41.7 Å². The predicted molar refractivity (Wildman–Crippen MR) is 92.2 cm³/mol. The van der Waals surface area contributed by atoms with Crippen molar-refractivity contribution in [3.8, 4) is 10.8 Å². The molecular weight excluding hydrogens is 394 g/mol. The van der Waals surface area contributed by atoms with Gasteiger partial charge in [-0.3, -0.25) is 20.4 Å². The minimum absolute atomic E-state index is 0.179. The molecule has 2 N–H and O–H groups in total. The third-order valence-corrected chi connectivity index (χ3v) is 4.26. The molecule has 3 rings (SSSR count). The van der Waals surface area contributed by atoms with Crippen molar-refractivity contribution in [3.05, 3.63) is 63.8 Å². The van der Waals surface area contributed by atoms with E-state index < -0.39 is 11.8 Å². The zero-order chi connectivity index (χ0) is 16.9. The number of nitrogens with one attached hydrogen (secondary N) is 2. The molecule has 3 aromatic rings. The largest absolute Gasteiger partial charge is 0.289 e. The Labute approximate surface area is 149 Å². The minimum Gasteiger partial charge on any atom is -0.267 e. The predicted octanol–water partition coefficient (Wildman–Crippen LogP) is 2.44. The van der Waals surface area contributed by atoms with Crippen LogP contribution in [0.15, 0.2) is 52.6 Å². The zero-order valence-corrected chi connectivity index (χ0v) is 14.5. The van der Waals surface area contributed by atoms with E-state index in [1.807, 2.05) is 0 Å². The Hall–Kier alpha value is -2.65. The molecule has 0 saturated carbocycles. The van der Waals surface area contributed by atoms with Gasteiger partial charge < -0.3 is 0 Å². The summed E-state index contributed by atoms with van der Waals surface area (Å²) in [6, 6.07) is 8.45. The van der Waals surface area contributed by atoms with Crippen LogP contribution in [0.4, 0.5) is 0 Å². The van der Waals surface area contributed by atoms with E-state index in [4.69, 9.17) is 0 Å². The number of carbonyl (C=O) groups excluding carboxylic acids is 2. The Balaban J connectivity index is 1.62. The lowest BCUT2D eigenvalue weighted by Crippen LogP contribution is -2.41. The minimum atomic E-state index is -0.515. The van der Waals surface area contributed by atoms with E-state index >= 15 is 0 Å². The fraction of sp³-hybridized carbons (Fsp3) is 0. The van der Waals surface area contributed by atoms with Crippen LogP contribution in [0.25, 0.3) is 10.8 Å². The highest BCUT2D eigenvalue weighted by atomic mass is 79.9. The third kappa shape index (κ3) is 3.81. The van der Waals surface area contributed by atoms with Gasteiger partial charge in [-0.2, -0.15) is 0 Å². The van der Waals surface area contributed by atoms with Gasteiger partial charge in [0.1, 0.15) is 5.69 Å². The molecule has 24 heavy (non-hydrogen) atoms. The number of thiazole rings is 1. The topological polar surface area (TPSA) is 96.9 Å². The van der Waals surface area contributed by atoms with Gasteiger partial charge in [-0.1, -0.05) is 15.9 Å². The number of halogens is 1. The zero-order valence-electron chi connectivity index (χ0n) is 12.1. The Kier molecular flexibility index (Phi) is 4.92. The van der Waals surface area contributed by atoms with Crippen molar-refractivity contribution in [1.29, 1.82) is 0 Å². The lowest BCUT2D eigenvalue weighted by Gasteiger charge is -2.05. The Morgan fingerprint density at radius 2 is 1.67 bits per heavy atom. The first-order valence-electron chi connectivity index (χ1n) is 6.72. The van der Waals surface area contributed by atoms with Crippen LogP contribution < -0.4 is 10.9 Å². The highest BCUT2D eigenvalue weighted by molar-refractivity contribution is 9.10. The lowest BCUT2D eigenvalue weighted by molar-refractivity contribution is 0.0844. The molecule has 0 aliphatic heterocycles. The van der Waals surface area contributed by atoms with Gasteiger partial charge in [0.25, 0.3) is 11.8 Å². The van der Waals surface area contributed by atoms with E-state index in [1.165, 1.54) is 11.3 Å². The third-order valence-electron chi connectivity index (χ3n) is 2.89. The second-order valence-corrected chi connectivity index (χ2v) is 6.30. The molecule has 9 heteroatoms. The molecule has 1 aromatic carbocycles. The average Bonchev–Trinajstić information content (AvgIpc) is 3.11. The lowest BCUT2D eigenvalue weighted by atomic mass is 10.2.